The number of hydrogen-bond donors (Lipinski definition) is 2. The highest BCUT2D eigenvalue weighted by Gasteiger charge is 2.08. The standard InChI is InChI=1S/C22H24N4O2/c1-5-28-21(27)17-8-10-18(11-9-17)24-20-13-16(4)23-22(26-20)25-19-12-14(2)6-7-15(19)3/h6-13H,5H2,1-4H3,(H2,23,24,25,26). The van der Waals surface area contributed by atoms with Crippen molar-refractivity contribution >= 4 is 29.1 Å². The molecule has 0 aliphatic rings. The molecular formula is C22H24N4O2. The molecule has 3 rings (SSSR count). The Kier molecular flexibility index (Phi) is 5.89. The Morgan fingerprint density at radius 1 is 0.964 bits per heavy atom. The van der Waals surface area contributed by atoms with E-state index in [2.05, 4.69) is 45.7 Å². The summed E-state index contributed by atoms with van der Waals surface area (Å²) in [5.41, 5.74) is 5.46. The molecule has 3 aromatic rings. The van der Waals surface area contributed by atoms with Gasteiger partial charge in [0, 0.05) is 23.1 Å². The highest BCUT2D eigenvalue weighted by molar-refractivity contribution is 5.89. The third kappa shape index (κ3) is 4.85. The zero-order valence-corrected chi connectivity index (χ0v) is 16.5. The monoisotopic (exact) mass is 376 g/mol. The summed E-state index contributed by atoms with van der Waals surface area (Å²) < 4.78 is 5.00. The number of benzene rings is 2. The first kappa shape index (κ1) is 19.4. The minimum Gasteiger partial charge on any atom is -0.462 e. The van der Waals surface area contributed by atoms with E-state index in [0.29, 0.717) is 23.9 Å². The van der Waals surface area contributed by atoms with E-state index >= 15 is 0 Å². The fourth-order valence-electron chi connectivity index (χ4n) is 2.73. The second-order valence-electron chi connectivity index (χ2n) is 6.58. The molecule has 0 saturated heterocycles. The first-order valence-electron chi connectivity index (χ1n) is 9.19. The van der Waals surface area contributed by atoms with Gasteiger partial charge in [-0.25, -0.2) is 9.78 Å². The maximum Gasteiger partial charge on any atom is 0.338 e. The number of carbonyl (C=O) groups excluding carboxylic acids is 1. The second-order valence-corrected chi connectivity index (χ2v) is 6.58. The van der Waals surface area contributed by atoms with E-state index in [4.69, 9.17) is 4.74 Å². The largest absolute Gasteiger partial charge is 0.462 e. The number of aryl methyl sites for hydroxylation is 3. The van der Waals surface area contributed by atoms with Crippen LogP contribution in [0, 0.1) is 20.8 Å². The third-order valence-electron chi connectivity index (χ3n) is 4.16. The molecular weight excluding hydrogens is 352 g/mol. The number of carbonyl (C=O) groups is 1. The highest BCUT2D eigenvalue weighted by atomic mass is 16.5. The molecule has 2 N–H and O–H groups in total. The van der Waals surface area contributed by atoms with Gasteiger partial charge in [-0.15, -0.1) is 0 Å². The molecule has 2 aromatic carbocycles. The first-order chi connectivity index (χ1) is 13.4. The van der Waals surface area contributed by atoms with Crippen molar-refractivity contribution in [2.24, 2.45) is 0 Å². The van der Waals surface area contributed by atoms with Crippen molar-refractivity contribution in [1.82, 2.24) is 9.97 Å². The van der Waals surface area contributed by atoms with Gasteiger partial charge in [-0.05, 0) is 69.2 Å². The minimum absolute atomic E-state index is 0.327. The van der Waals surface area contributed by atoms with Crippen molar-refractivity contribution in [3.8, 4) is 0 Å². The number of hydrogen-bond acceptors (Lipinski definition) is 6. The van der Waals surface area contributed by atoms with E-state index in [-0.39, 0.29) is 5.97 Å². The molecule has 0 aliphatic carbocycles. The summed E-state index contributed by atoms with van der Waals surface area (Å²) in [6.07, 6.45) is 0. The highest BCUT2D eigenvalue weighted by Crippen LogP contribution is 2.22. The molecule has 144 valence electrons. The van der Waals surface area contributed by atoms with Crippen LogP contribution in [-0.4, -0.2) is 22.5 Å². The minimum atomic E-state index is -0.327. The van der Waals surface area contributed by atoms with E-state index in [1.165, 1.54) is 5.56 Å². The van der Waals surface area contributed by atoms with Crippen LogP contribution < -0.4 is 10.6 Å². The Hall–Kier alpha value is -3.41. The van der Waals surface area contributed by atoms with Gasteiger partial charge in [-0.2, -0.15) is 4.98 Å². The number of aromatic nitrogens is 2. The Morgan fingerprint density at radius 3 is 2.43 bits per heavy atom. The zero-order valence-electron chi connectivity index (χ0n) is 16.5. The van der Waals surface area contributed by atoms with Crippen LogP contribution in [0.2, 0.25) is 0 Å². The molecule has 0 fully saturated rings. The van der Waals surface area contributed by atoms with Crippen LogP contribution >= 0.6 is 0 Å². The van der Waals surface area contributed by atoms with Crippen LogP contribution in [0.3, 0.4) is 0 Å². The van der Waals surface area contributed by atoms with Crippen LogP contribution in [0.5, 0.6) is 0 Å². The lowest BCUT2D eigenvalue weighted by Gasteiger charge is -2.12. The van der Waals surface area contributed by atoms with Gasteiger partial charge in [-0.3, -0.25) is 0 Å². The molecule has 6 heteroatoms. The summed E-state index contributed by atoms with van der Waals surface area (Å²) in [4.78, 5) is 20.8. The molecule has 1 heterocycles. The summed E-state index contributed by atoms with van der Waals surface area (Å²) >= 11 is 0. The van der Waals surface area contributed by atoms with Crippen molar-refractivity contribution < 1.29 is 9.53 Å². The van der Waals surface area contributed by atoms with Crippen molar-refractivity contribution in [1.29, 1.82) is 0 Å². The average Bonchev–Trinajstić information content (AvgIpc) is 2.65. The fraction of sp³-hybridized carbons (Fsp3) is 0.227. The van der Waals surface area contributed by atoms with Crippen molar-refractivity contribution in [3.63, 3.8) is 0 Å². The normalized spacial score (nSPS) is 10.4. The Labute approximate surface area is 165 Å². The van der Waals surface area contributed by atoms with Crippen LogP contribution in [0.25, 0.3) is 0 Å². The van der Waals surface area contributed by atoms with Crippen LogP contribution in [0.4, 0.5) is 23.1 Å². The molecule has 0 saturated carbocycles. The Morgan fingerprint density at radius 2 is 1.71 bits per heavy atom. The Bertz CT molecular complexity index is 984. The number of ether oxygens (including phenoxy) is 1. The van der Waals surface area contributed by atoms with E-state index in [1.807, 2.05) is 32.0 Å². The molecule has 0 bridgehead atoms. The molecule has 6 nitrogen and oxygen atoms in total. The third-order valence-corrected chi connectivity index (χ3v) is 4.16. The number of esters is 1. The Balaban J connectivity index is 1.78. The van der Waals surface area contributed by atoms with Gasteiger partial charge in [0.1, 0.15) is 5.82 Å². The second kappa shape index (κ2) is 8.52. The number of rotatable bonds is 6. The molecule has 0 amide bonds. The predicted molar refractivity (Wildman–Crippen MR) is 112 cm³/mol. The smallest absolute Gasteiger partial charge is 0.338 e. The van der Waals surface area contributed by atoms with Crippen molar-refractivity contribution in [2.75, 3.05) is 17.2 Å². The van der Waals surface area contributed by atoms with Crippen LogP contribution in [0.1, 0.15) is 34.1 Å². The number of nitrogens with zero attached hydrogens (tertiary/aromatic N) is 2. The SMILES string of the molecule is CCOC(=O)c1ccc(Nc2cc(C)nc(Nc3cc(C)ccc3C)n2)cc1. The average molecular weight is 376 g/mol. The van der Waals surface area contributed by atoms with Crippen LogP contribution in [-0.2, 0) is 4.74 Å². The lowest BCUT2D eigenvalue weighted by molar-refractivity contribution is 0.0526. The summed E-state index contributed by atoms with van der Waals surface area (Å²) in [6.45, 7) is 8.16. The van der Waals surface area contributed by atoms with Gasteiger partial charge < -0.3 is 15.4 Å². The van der Waals surface area contributed by atoms with Gasteiger partial charge in [-0.1, -0.05) is 12.1 Å². The van der Waals surface area contributed by atoms with E-state index in [0.717, 1.165) is 22.6 Å². The molecule has 0 spiro atoms. The first-order valence-corrected chi connectivity index (χ1v) is 9.19. The summed E-state index contributed by atoms with van der Waals surface area (Å²) in [6, 6.07) is 15.2. The molecule has 28 heavy (non-hydrogen) atoms. The van der Waals surface area contributed by atoms with Gasteiger partial charge in [0.15, 0.2) is 0 Å². The fourth-order valence-corrected chi connectivity index (χ4v) is 2.73. The maximum absolute atomic E-state index is 11.8. The summed E-state index contributed by atoms with van der Waals surface area (Å²) in [5.74, 6) is 0.871. The maximum atomic E-state index is 11.8. The van der Waals surface area contributed by atoms with E-state index < -0.39 is 0 Å². The number of nitrogens with one attached hydrogen (secondary N) is 2. The quantitative estimate of drug-likeness (QED) is 0.585. The predicted octanol–water partition coefficient (Wildman–Crippen LogP) is 5.07. The molecule has 0 radical (unpaired) electrons. The van der Waals surface area contributed by atoms with Crippen LogP contribution in [0.15, 0.2) is 48.5 Å². The molecule has 0 atom stereocenters. The molecule has 1 aromatic heterocycles. The number of anilines is 4. The van der Waals surface area contributed by atoms with Crippen molar-refractivity contribution in [2.45, 2.75) is 27.7 Å². The lowest BCUT2D eigenvalue weighted by Crippen LogP contribution is -2.05. The summed E-state index contributed by atoms with van der Waals surface area (Å²) in [7, 11) is 0. The van der Waals surface area contributed by atoms with Gasteiger partial charge in [0.25, 0.3) is 0 Å². The van der Waals surface area contributed by atoms with E-state index in [1.54, 1.807) is 19.1 Å². The van der Waals surface area contributed by atoms with Crippen molar-refractivity contribution in [3.05, 3.63) is 70.9 Å². The van der Waals surface area contributed by atoms with Gasteiger partial charge in [0.05, 0.1) is 12.2 Å². The van der Waals surface area contributed by atoms with E-state index in [9.17, 15) is 4.79 Å². The summed E-state index contributed by atoms with van der Waals surface area (Å²) in [5, 5.41) is 6.55. The van der Waals surface area contributed by atoms with Gasteiger partial charge >= 0.3 is 5.97 Å². The van der Waals surface area contributed by atoms with Gasteiger partial charge in [0.2, 0.25) is 5.95 Å². The lowest BCUT2D eigenvalue weighted by atomic mass is 10.1. The molecule has 0 unspecified atom stereocenters. The topological polar surface area (TPSA) is 76.1 Å². The zero-order chi connectivity index (χ0) is 20.1. The molecule has 0 aliphatic heterocycles.